The number of imide groups is 1. The first-order valence-corrected chi connectivity index (χ1v) is 4.34. The van der Waals surface area contributed by atoms with Gasteiger partial charge in [-0.15, -0.1) is 6.58 Å². The lowest BCUT2D eigenvalue weighted by Gasteiger charge is -2.11. The number of carbonyl (C=O) groups excluding carboxylic acids is 2. The van der Waals surface area contributed by atoms with Crippen molar-refractivity contribution < 1.29 is 9.59 Å². The average Bonchev–Trinajstić information content (AvgIpc) is 2.14. The van der Waals surface area contributed by atoms with Gasteiger partial charge in [0.2, 0.25) is 5.91 Å². The fourth-order valence-electron chi connectivity index (χ4n) is 0.797. The van der Waals surface area contributed by atoms with Crippen LogP contribution in [0, 0.1) is 11.3 Å². The number of hydrogen-bond donors (Lipinski definition) is 2. The maximum Gasteiger partial charge on any atom is 0.321 e. The Hall–Kier alpha value is -1.87. The van der Waals surface area contributed by atoms with Crippen LogP contribution < -0.4 is 10.6 Å². The zero-order valence-electron chi connectivity index (χ0n) is 8.62. The van der Waals surface area contributed by atoms with Crippen molar-refractivity contribution in [2.45, 2.75) is 0 Å². The predicted molar refractivity (Wildman–Crippen MR) is 54.8 cm³/mol. The summed E-state index contributed by atoms with van der Waals surface area (Å²) >= 11 is 0. The summed E-state index contributed by atoms with van der Waals surface area (Å²) in [5.41, 5.74) is 0. The van der Waals surface area contributed by atoms with Gasteiger partial charge in [0.05, 0.1) is 19.2 Å². The molecule has 15 heavy (non-hydrogen) atoms. The Labute approximate surface area is 88.5 Å². The van der Waals surface area contributed by atoms with Gasteiger partial charge in [0, 0.05) is 6.54 Å². The third-order valence-electron chi connectivity index (χ3n) is 1.41. The van der Waals surface area contributed by atoms with Crippen LogP contribution >= 0.6 is 0 Å². The highest BCUT2D eigenvalue weighted by Gasteiger charge is 2.08. The predicted octanol–water partition coefficient (Wildman–Crippen LogP) is -0.546. The molecule has 0 aromatic rings. The van der Waals surface area contributed by atoms with Gasteiger partial charge in [-0.3, -0.25) is 15.0 Å². The fourth-order valence-corrected chi connectivity index (χ4v) is 0.797. The third kappa shape index (κ3) is 7.22. The van der Waals surface area contributed by atoms with Crippen LogP contribution in [0.25, 0.3) is 0 Å². The van der Waals surface area contributed by atoms with Gasteiger partial charge in [0.1, 0.15) is 0 Å². The number of likely N-dealkylation sites (N-methyl/N-ethyl adjacent to an activating group) is 1. The molecule has 0 bridgehead atoms. The Bertz CT molecular complexity index is 282. The monoisotopic (exact) mass is 210 g/mol. The summed E-state index contributed by atoms with van der Waals surface area (Å²) in [6.45, 7) is 3.86. The van der Waals surface area contributed by atoms with Crippen molar-refractivity contribution in [1.29, 1.82) is 5.26 Å². The molecular formula is C9H14N4O2. The van der Waals surface area contributed by atoms with Gasteiger partial charge in [0.25, 0.3) is 0 Å². The van der Waals surface area contributed by atoms with E-state index >= 15 is 0 Å². The molecule has 0 saturated heterocycles. The van der Waals surface area contributed by atoms with Gasteiger partial charge < -0.3 is 5.32 Å². The smallest absolute Gasteiger partial charge is 0.321 e. The van der Waals surface area contributed by atoms with Crippen molar-refractivity contribution in [2.75, 3.05) is 26.7 Å². The summed E-state index contributed by atoms with van der Waals surface area (Å²) in [5, 5.41) is 12.8. The minimum Gasteiger partial charge on any atom is -0.334 e. The number of hydrogen-bond acceptors (Lipinski definition) is 4. The van der Waals surface area contributed by atoms with E-state index in [0.29, 0.717) is 6.54 Å². The number of carbonyl (C=O) groups is 2. The molecule has 0 aliphatic rings. The van der Waals surface area contributed by atoms with Crippen molar-refractivity contribution in [3.63, 3.8) is 0 Å². The summed E-state index contributed by atoms with van der Waals surface area (Å²) in [6, 6.07) is 1.33. The Morgan fingerprint density at radius 1 is 1.60 bits per heavy atom. The molecular weight excluding hydrogens is 196 g/mol. The van der Waals surface area contributed by atoms with Crippen molar-refractivity contribution in [3.05, 3.63) is 12.7 Å². The van der Waals surface area contributed by atoms with E-state index in [1.165, 1.54) is 11.0 Å². The standard InChI is InChI=1S/C9H14N4O2/c1-3-5-11-9(15)12-8(14)7-13(2)6-4-10/h3H,1,5-7H2,2H3,(H2,11,12,14,15). The SMILES string of the molecule is C=CCNC(=O)NC(=O)CN(C)CC#N. The second-order valence-electron chi connectivity index (χ2n) is 2.88. The van der Waals surface area contributed by atoms with E-state index in [-0.39, 0.29) is 13.1 Å². The Balaban J connectivity index is 3.78. The van der Waals surface area contributed by atoms with E-state index < -0.39 is 11.9 Å². The summed E-state index contributed by atoms with van der Waals surface area (Å²) in [6.07, 6.45) is 1.51. The molecule has 2 N–H and O–H groups in total. The molecule has 0 spiro atoms. The van der Waals surface area contributed by atoms with E-state index in [2.05, 4.69) is 17.2 Å². The van der Waals surface area contributed by atoms with Crippen molar-refractivity contribution in [2.24, 2.45) is 0 Å². The maximum absolute atomic E-state index is 11.2. The summed E-state index contributed by atoms with van der Waals surface area (Å²) < 4.78 is 0. The number of urea groups is 1. The first-order valence-electron chi connectivity index (χ1n) is 4.34. The zero-order valence-corrected chi connectivity index (χ0v) is 8.62. The Morgan fingerprint density at radius 2 is 2.27 bits per heavy atom. The molecule has 0 aromatic carbocycles. The molecule has 0 atom stereocenters. The molecule has 0 rings (SSSR count). The molecule has 0 saturated carbocycles. The minimum atomic E-state index is -0.565. The number of amides is 3. The Kier molecular flexibility index (Phi) is 6.59. The normalized spacial score (nSPS) is 9.13. The number of nitrogens with one attached hydrogen (secondary N) is 2. The first-order chi connectivity index (χ1) is 7.10. The van der Waals surface area contributed by atoms with Crippen LogP contribution in [0.3, 0.4) is 0 Å². The average molecular weight is 210 g/mol. The first kappa shape index (κ1) is 13.1. The third-order valence-corrected chi connectivity index (χ3v) is 1.41. The zero-order chi connectivity index (χ0) is 11.7. The van der Waals surface area contributed by atoms with Crippen LogP contribution in [0.15, 0.2) is 12.7 Å². The second-order valence-corrected chi connectivity index (χ2v) is 2.88. The highest BCUT2D eigenvalue weighted by Crippen LogP contribution is 1.80. The van der Waals surface area contributed by atoms with Crippen LogP contribution in [-0.4, -0.2) is 43.5 Å². The lowest BCUT2D eigenvalue weighted by Crippen LogP contribution is -2.43. The molecule has 0 aromatic heterocycles. The van der Waals surface area contributed by atoms with Gasteiger partial charge >= 0.3 is 6.03 Å². The molecule has 0 heterocycles. The van der Waals surface area contributed by atoms with E-state index in [1.54, 1.807) is 7.05 Å². The number of nitriles is 1. The lowest BCUT2D eigenvalue weighted by atomic mass is 10.5. The second kappa shape index (κ2) is 7.53. The van der Waals surface area contributed by atoms with Crippen molar-refractivity contribution in [3.8, 4) is 6.07 Å². The molecule has 82 valence electrons. The van der Waals surface area contributed by atoms with Crippen molar-refractivity contribution >= 4 is 11.9 Å². The van der Waals surface area contributed by atoms with Gasteiger partial charge in [-0.2, -0.15) is 5.26 Å². The topological polar surface area (TPSA) is 85.2 Å². The molecule has 0 aliphatic heterocycles. The number of nitrogens with zero attached hydrogens (tertiary/aromatic N) is 2. The van der Waals surface area contributed by atoms with Crippen LogP contribution in [-0.2, 0) is 4.79 Å². The minimum absolute atomic E-state index is 0.00900. The molecule has 0 fully saturated rings. The van der Waals surface area contributed by atoms with E-state index in [4.69, 9.17) is 5.26 Å². The summed E-state index contributed by atoms with van der Waals surface area (Å²) in [4.78, 5) is 23.6. The Morgan fingerprint density at radius 3 is 2.80 bits per heavy atom. The maximum atomic E-state index is 11.2. The molecule has 0 unspecified atom stereocenters. The molecule has 6 nitrogen and oxygen atoms in total. The fraction of sp³-hybridized carbons (Fsp3) is 0.444. The highest BCUT2D eigenvalue weighted by molar-refractivity contribution is 5.95. The summed E-state index contributed by atoms with van der Waals surface area (Å²) in [7, 11) is 1.62. The number of rotatable bonds is 5. The molecule has 0 radical (unpaired) electrons. The van der Waals surface area contributed by atoms with E-state index in [1.807, 2.05) is 6.07 Å². The summed E-state index contributed by atoms with van der Waals surface area (Å²) in [5.74, 6) is -0.450. The van der Waals surface area contributed by atoms with Crippen LogP contribution in [0.1, 0.15) is 0 Å². The van der Waals surface area contributed by atoms with Crippen LogP contribution in [0.5, 0.6) is 0 Å². The van der Waals surface area contributed by atoms with Gasteiger partial charge in [-0.25, -0.2) is 4.79 Å². The van der Waals surface area contributed by atoms with E-state index in [9.17, 15) is 9.59 Å². The molecule has 0 aliphatic carbocycles. The molecule has 6 heteroatoms. The van der Waals surface area contributed by atoms with Gasteiger partial charge in [-0.1, -0.05) is 6.08 Å². The highest BCUT2D eigenvalue weighted by atomic mass is 16.2. The quantitative estimate of drug-likeness (QED) is 0.471. The lowest BCUT2D eigenvalue weighted by molar-refractivity contribution is -0.120. The van der Waals surface area contributed by atoms with Gasteiger partial charge in [-0.05, 0) is 7.05 Å². The van der Waals surface area contributed by atoms with Crippen LogP contribution in [0.2, 0.25) is 0 Å². The largest absolute Gasteiger partial charge is 0.334 e. The van der Waals surface area contributed by atoms with Gasteiger partial charge in [0.15, 0.2) is 0 Å². The van der Waals surface area contributed by atoms with Crippen LogP contribution in [0.4, 0.5) is 4.79 Å². The van der Waals surface area contributed by atoms with E-state index in [0.717, 1.165) is 0 Å². The molecule has 3 amide bonds. The van der Waals surface area contributed by atoms with Crippen molar-refractivity contribution in [1.82, 2.24) is 15.5 Å².